The van der Waals surface area contributed by atoms with Crippen LogP contribution in [0, 0.1) is 0 Å². The summed E-state index contributed by atoms with van der Waals surface area (Å²) in [6.07, 6.45) is -0.324. The summed E-state index contributed by atoms with van der Waals surface area (Å²) in [5, 5.41) is 4.91. The second kappa shape index (κ2) is 6.66. The number of hydrogen-bond donors (Lipinski definition) is 3. The van der Waals surface area contributed by atoms with Crippen LogP contribution in [0.25, 0.3) is 0 Å². The van der Waals surface area contributed by atoms with E-state index >= 15 is 0 Å². The highest BCUT2D eigenvalue weighted by atomic mass is 16.2. The molecule has 4 N–H and O–H groups in total. The van der Waals surface area contributed by atoms with Gasteiger partial charge in [-0.1, -0.05) is 0 Å². The van der Waals surface area contributed by atoms with Gasteiger partial charge in [0.25, 0.3) is 0 Å². The Balaban J connectivity index is 2.71. The number of quaternary nitrogens is 1. The summed E-state index contributed by atoms with van der Waals surface area (Å²) < 4.78 is 0.199. The maximum absolute atomic E-state index is 12.3. The Morgan fingerprint density at radius 2 is 1.48 bits per heavy atom. The summed E-state index contributed by atoms with van der Waals surface area (Å²) in [4.78, 5) is 46.8. The summed E-state index contributed by atoms with van der Waals surface area (Å²) in [7, 11) is 1.79. The molecular formula is C13H23N4O4+. The number of nitrogens with zero attached hydrogens (tertiary/aromatic N) is 1. The minimum Gasteiger partial charge on any atom is -0.370 e. The average Bonchev–Trinajstić information content (AvgIpc) is 2.42. The van der Waals surface area contributed by atoms with Crippen molar-refractivity contribution >= 4 is 23.6 Å². The lowest BCUT2D eigenvalue weighted by Crippen LogP contribution is -2.64. The number of hydrogen-bond acceptors (Lipinski definition) is 4. The predicted molar refractivity (Wildman–Crippen MR) is 74.6 cm³/mol. The fourth-order valence-electron chi connectivity index (χ4n) is 2.14. The van der Waals surface area contributed by atoms with E-state index in [1.807, 2.05) is 13.8 Å². The molecule has 1 heterocycles. The first-order valence-corrected chi connectivity index (χ1v) is 7.00. The van der Waals surface area contributed by atoms with E-state index in [4.69, 9.17) is 5.73 Å². The van der Waals surface area contributed by atoms with Crippen LogP contribution in [0.15, 0.2) is 0 Å². The maximum atomic E-state index is 12.3. The number of amides is 4. The SMILES string of the molecule is CC[N+](C)(CC)C(=O)CC1NC(=O)C(CC(N)=O)NC1=O. The minimum absolute atomic E-state index is 0.0704. The van der Waals surface area contributed by atoms with Crippen molar-refractivity contribution in [3.63, 3.8) is 0 Å². The van der Waals surface area contributed by atoms with Crippen LogP contribution in [0.2, 0.25) is 0 Å². The van der Waals surface area contributed by atoms with Crippen LogP contribution in [0.4, 0.5) is 0 Å². The van der Waals surface area contributed by atoms with E-state index in [1.165, 1.54) is 0 Å². The monoisotopic (exact) mass is 299 g/mol. The summed E-state index contributed by atoms with van der Waals surface area (Å²) >= 11 is 0. The number of primary amides is 1. The Morgan fingerprint density at radius 1 is 1.05 bits per heavy atom. The molecule has 0 aliphatic carbocycles. The molecule has 1 aliphatic rings. The van der Waals surface area contributed by atoms with Crippen molar-refractivity contribution in [2.45, 2.75) is 38.8 Å². The Bertz CT molecular complexity index is 459. The second-order valence-corrected chi connectivity index (χ2v) is 5.42. The van der Waals surface area contributed by atoms with Gasteiger partial charge in [0.2, 0.25) is 17.7 Å². The average molecular weight is 299 g/mol. The summed E-state index contributed by atoms with van der Waals surface area (Å²) in [5.74, 6) is -1.75. The van der Waals surface area contributed by atoms with Crippen molar-refractivity contribution in [2.75, 3.05) is 20.1 Å². The molecule has 118 valence electrons. The number of carbonyl (C=O) groups excluding carboxylic acids is 4. The molecule has 0 saturated carbocycles. The molecule has 0 aromatic carbocycles. The summed E-state index contributed by atoms with van der Waals surface area (Å²) in [5.41, 5.74) is 5.01. The van der Waals surface area contributed by atoms with Crippen molar-refractivity contribution in [1.82, 2.24) is 10.6 Å². The van der Waals surface area contributed by atoms with Gasteiger partial charge >= 0.3 is 5.91 Å². The molecule has 4 amide bonds. The lowest BCUT2D eigenvalue weighted by molar-refractivity contribution is -0.831. The number of rotatable bonds is 6. The van der Waals surface area contributed by atoms with Crippen molar-refractivity contribution < 1.29 is 23.7 Å². The number of piperazine rings is 1. The highest BCUT2D eigenvalue weighted by Crippen LogP contribution is 2.11. The van der Waals surface area contributed by atoms with Gasteiger partial charge in [-0.3, -0.25) is 18.9 Å². The van der Waals surface area contributed by atoms with Gasteiger partial charge in [0, 0.05) is 0 Å². The van der Waals surface area contributed by atoms with Crippen LogP contribution < -0.4 is 16.4 Å². The van der Waals surface area contributed by atoms with Gasteiger partial charge in [-0.2, -0.15) is 0 Å². The largest absolute Gasteiger partial charge is 0.370 e. The number of nitrogens with two attached hydrogens (primary N) is 1. The van der Waals surface area contributed by atoms with E-state index in [9.17, 15) is 19.2 Å². The maximum Gasteiger partial charge on any atom is 0.316 e. The van der Waals surface area contributed by atoms with Gasteiger partial charge in [-0.25, -0.2) is 4.79 Å². The van der Waals surface area contributed by atoms with Crippen molar-refractivity contribution in [1.29, 1.82) is 0 Å². The second-order valence-electron chi connectivity index (χ2n) is 5.42. The first-order chi connectivity index (χ1) is 9.73. The van der Waals surface area contributed by atoms with Gasteiger partial charge in [-0.05, 0) is 13.8 Å². The van der Waals surface area contributed by atoms with Gasteiger partial charge in [0.05, 0.1) is 33.0 Å². The lowest BCUT2D eigenvalue weighted by Gasteiger charge is -2.33. The minimum atomic E-state index is -0.959. The third-order valence-corrected chi connectivity index (χ3v) is 4.05. The van der Waals surface area contributed by atoms with E-state index in [1.54, 1.807) is 7.05 Å². The van der Waals surface area contributed by atoms with Crippen LogP contribution in [-0.4, -0.2) is 60.3 Å². The topological polar surface area (TPSA) is 118 Å². The number of nitrogens with one attached hydrogen (secondary N) is 2. The fraction of sp³-hybridized carbons (Fsp3) is 0.692. The van der Waals surface area contributed by atoms with Crippen LogP contribution >= 0.6 is 0 Å². The normalized spacial score (nSPS) is 22.4. The Labute approximate surface area is 123 Å². The van der Waals surface area contributed by atoms with Crippen molar-refractivity contribution in [3.05, 3.63) is 0 Å². The zero-order valence-corrected chi connectivity index (χ0v) is 12.6. The highest BCUT2D eigenvalue weighted by molar-refractivity contribution is 6.00. The quantitative estimate of drug-likeness (QED) is 0.504. The molecule has 1 fully saturated rings. The fourth-order valence-corrected chi connectivity index (χ4v) is 2.14. The Morgan fingerprint density at radius 3 is 1.86 bits per heavy atom. The third-order valence-electron chi connectivity index (χ3n) is 4.05. The van der Waals surface area contributed by atoms with Gasteiger partial charge in [0.1, 0.15) is 12.1 Å². The van der Waals surface area contributed by atoms with Gasteiger partial charge < -0.3 is 16.4 Å². The Hall–Kier alpha value is -1.96. The molecule has 8 heteroatoms. The first kappa shape index (κ1) is 17.1. The third kappa shape index (κ3) is 4.01. The van der Waals surface area contributed by atoms with Crippen LogP contribution in [-0.2, 0) is 19.2 Å². The molecule has 1 rings (SSSR count). The lowest BCUT2D eigenvalue weighted by atomic mass is 10.0. The molecule has 1 aliphatic heterocycles. The Kier molecular flexibility index (Phi) is 5.42. The molecule has 1 saturated heterocycles. The molecule has 0 radical (unpaired) electrons. The van der Waals surface area contributed by atoms with Gasteiger partial charge in [-0.15, -0.1) is 0 Å². The van der Waals surface area contributed by atoms with E-state index < -0.39 is 29.8 Å². The standard InChI is InChI=1S/C13H22N4O4/c1-4-17(3,5-2)11(19)7-9-13(21)15-8(6-10(14)18)12(20)16-9/h8-9H,4-7H2,1-3H3,(H3-,14,15,16,18,20,21)/p+1. The van der Waals surface area contributed by atoms with Crippen LogP contribution in [0.3, 0.4) is 0 Å². The van der Waals surface area contributed by atoms with Crippen molar-refractivity contribution in [2.24, 2.45) is 5.73 Å². The molecule has 0 spiro atoms. The molecular weight excluding hydrogens is 276 g/mol. The zero-order valence-electron chi connectivity index (χ0n) is 12.6. The van der Waals surface area contributed by atoms with Crippen LogP contribution in [0.5, 0.6) is 0 Å². The molecule has 0 bridgehead atoms. The molecule has 0 aromatic heterocycles. The number of carbonyl (C=O) groups is 4. The van der Waals surface area contributed by atoms with E-state index in [-0.39, 0.29) is 23.2 Å². The molecule has 21 heavy (non-hydrogen) atoms. The van der Waals surface area contributed by atoms with E-state index in [0.717, 1.165) is 0 Å². The molecule has 2 unspecified atom stereocenters. The smallest absolute Gasteiger partial charge is 0.316 e. The molecule has 2 atom stereocenters. The molecule has 0 aromatic rings. The predicted octanol–water partition coefficient (Wildman–Crippen LogP) is -1.75. The van der Waals surface area contributed by atoms with Gasteiger partial charge in [0.15, 0.2) is 0 Å². The van der Waals surface area contributed by atoms with E-state index in [0.29, 0.717) is 13.1 Å². The summed E-state index contributed by atoms with van der Waals surface area (Å²) in [6, 6.07) is -1.86. The van der Waals surface area contributed by atoms with Crippen molar-refractivity contribution in [3.8, 4) is 0 Å². The molecule has 8 nitrogen and oxygen atoms in total. The first-order valence-electron chi connectivity index (χ1n) is 7.00. The van der Waals surface area contributed by atoms with E-state index in [2.05, 4.69) is 10.6 Å². The highest BCUT2D eigenvalue weighted by Gasteiger charge is 2.39. The summed E-state index contributed by atoms with van der Waals surface area (Å²) in [6.45, 7) is 5.01. The zero-order chi connectivity index (χ0) is 16.2. The van der Waals surface area contributed by atoms with Crippen LogP contribution in [0.1, 0.15) is 26.7 Å².